The molecule has 0 atom stereocenters. The maximum Gasteiger partial charge on any atom is 0.198 e. The molecular weight excluding hydrogens is 613 g/mol. The number of nitrogens with zero attached hydrogens (tertiary/aromatic N) is 6. The van der Waals surface area contributed by atoms with Crippen molar-refractivity contribution < 1.29 is 0 Å². The first kappa shape index (κ1) is 28.1. The Labute approximate surface area is 287 Å². The van der Waals surface area contributed by atoms with E-state index >= 15 is 0 Å². The summed E-state index contributed by atoms with van der Waals surface area (Å²) in [4.78, 5) is 19.6. The minimum atomic E-state index is 0.472. The Kier molecular flexibility index (Phi) is 6.39. The second kappa shape index (κ2) is 11.4. The molecule has 4 aromatic heterocycles. The summed E-state index contributed by atoms with van der Waals surface area (Å²) < 4.78 is 4.65. The van der Waals surface area contributed by atoms with Gasteiger partial charge >= 0.3 is 0 Å². The zero-order valence-corrected chi connectivity index (χ0v) is 26.8. The standard InChI is InChI=1S/C44H28N6/c1-3-13-29(14-4-1)49-39-23-9-7-17-31(39)33-19-11-21-35(41(33)49)37-25-27-45-43(47-37)44-46-28-26-38(48-44)36-22-12-20-34-32-18-8-10-24-40(32)50(42(34)36)30-15-5-2-6-16-30/h1-28H. The van der Waals surface area contributed by atoms with Gasteiger partial charge in [0.05, 0.1) is 33.5 Å². The van der Waals surface area contributed by atoms with E-state index in [0.717, 1.165) is 56.0 Å². The van der Waals surface area contributed by atoms with Gasteiger partial charge in [0.2, 0.25) is 0 Å². The molecule has 6 heteroatoms. The van der Waals surface area contributed by atoms with Crippen molar-refractivity contribution in [1.29, 1.82) is 0 Å². The number of aromatic nitrogens is 6. The third kappa shape index (κ3) is 4.36. The van der Waals surface area contributed by atoms with Crippen molar-refractivity contribution in [3.8, 4) is 45.5 Å². The van der Waals surface area contributed by atoms with Crippen LogP contribution in [0.3, 0.4) is 0 Å². The summed E-state index contributed by atoms with van der Waals surface area (Å²) in [6.07, 6.45) is 3.60. The van der Waals surface area contributed by atoms with Crippen LogP contribution >= 0.6 is 0 Å². The summed E-state index contributed by atoms with van der Waals surface area (Å²) in [6.45, 7) is 0. The van der Waals surface area contributed by atoms with E-state index in [1.807, 2.05) is 24.3 Å². The van der Waals surface area contributed by atoms with Crippen molar-refractivity contribution in [2.24, 2.45) is 0 Å². The highest BCUT2D eigenvalue weighted by Crippen LogP contribution is 2.39. The molecule has 0 saturated carbocycles. The van der Waals surface area contributed by atoms with E-state index in [2.05, 4.69) is 153 Å². The first-order chi connectivity index (χ1) is 24.8. The quantitative estimate of drug-likeness (QED) is 0.188. The number of hydrogen-bond acceptors (Lipinski definition) is 4. The van der Waals surface area contributed by atoms with Crippen molar-refractivity contribution in [2.75, 3.05) is 0 Å². The van der Waals surface area contributed by atoms with E-state index < -0.39 is 0 Å². The minimum Gasteiger partial charge on any atom is -0.309 e. The number of fused-ring (bicyclic) bond motifs is 6. The van der Waals surface area contributed by atoms with Crippen LogP contribution in [0.5, 0.6) is 0 Å². The normalized spacial score (nSPS) is 11.6. The van der Waals surface area contributed by atoms with E-state index in [1.54, 1.807) is 12.4 Å². The smallest absolute Gasteiger partial charge is 0.198 e. The van der Waals surface area contributed by atoms with E-state index in [-0.39, 0.29) is 0 Å². The van der Waals surface area contributed by atoms with Gasteiger partial charge in [-0.3, -0.25) is 0 Å². The van der Waals surface area contributed by atoms with E-state index in [9.17, 15) is 0 Å². The monoisotopic (exact) mass is 640 g/mol. The van der Waals surface area contributed by atoms with Gasteiger partial charge in [-0.2, -0.15) is 0 Å². The molecule has 50 heavy (non-hydrogen) atoms. The molecule has 0 aliphatic heterocycles. The van der Waals surface area contributed by atoms with Gasteiger partial charge in [0.15, 0.2) is 11.6 Å². The van der Waals surface area contributed by atoms with Crippen molar-refractivity contribution in [1.82, 2.24) is 29.1 Å². The second-order valence-electron chi connectivity index (χ2n) is 12.3. The zero-order valence-electron chi connectivity index (χ0n) is 26.8. The lowest BCUT2D eigenvalue weighted by Gasteiger charge is -2.12. The summed E-state index contributed by atoms with van der Waals surface area (Å²) in [5, 5.41) is 4.73. The Morgan fingerprint density at radius 2 is 0.740 bits per heavy atom. The lowest BCUT2D eigenvalue weighted by atomic mass is 10.1. The molecule has 0 aliphatic carbocycles. The molecule has 6 nitrogen and oxygen atoms in total. The number of benzene rings is 6. The van der Waals surface area contributed by atoms with Gasteiger partial charge in [-0.25, -0.2) is 19.9 Å². The molecular formula is C44H28N6. The van der Waals surface area contributed by atoms with Gasteiger partial charge in [0.1, 0.15) is 0 Å². The summed E-state index contributed by atoms with van der Waals surface area (Å²) in [6, 6.07) is 54.8. The molecule has 0 fully saturated rings. The maximum atomic E-state index is 5.11. The highest BCUT2D eigenvalue weighted by atomic mass is 15.0. The average molecular weight is 641 g/mol. The first-order valence-electron chi connectivity index (χ1n) is 16.7. The molecule has 0 saturated heterocycles. The number of hydrogen-bond donors (Lipinski definition) is 0. The molecule has 0 unspecified atom stereocenters. The maximum absolute atomic E-state index is 5.11. The van der Waals surface area contributed by atoms with Gasteiger partial charge in [0.25, 0.3) is 0 Å². The van der Waals surface area contributed by atoms with Gasteiger partial charge in [-0.15, -0.1) is 0 Å². The molecule has 0 spiro atoms. The van der Waals surface area contributed by atoms with Crippen LogP contribution in [-0.2, 0) is 0 Å². The van der Waals surface area contributed by atoms with Gasteiger partial charge in [0, 0.05) is 56.4 Å². The molecule has 0 N–H and O–H groups in total. The lowest BCUT2D eigenvalue weighted by molar-refractivity contribution is 1.08. The van der Waals surface area contributed by atoms with Gasteiger partial charge in [-0.1, -0.05) is 109 Å². The Bertz CT molecular complexity index is 2670. The van der Waals surface area contributed by atoms with Crippen molar-refractivity contribution in [2.45, 2.75) is 0 Å². The number of rotatable bonds is 5. The third-order valence-corrected chi connectivity index (χ3v) is 9.48. The van der Waals surface area contributed by atoms with Crippen LogP contribution in [0.1, 0.15) is 0 Å². The first-order valence-corrected chi connectivity index (χ1v) is 16.7. The summed E-state index contributed by atoms with van der Waals surface area (Å²) in [5.41, 5.74) is 10.3. The second-order valence-corrected chi connectivity index (χ2v) is 12.3. The molecule has 0 aliphatic rings. The van der Waals surface area contributed by atoms with E-state index in [4.69, 9.17) is 9.97 Å². The van der Waals surface area contributed by atoms with Crippen LogP contribution in [0.15, 0.2) is 170 Å². The Morgan fingerprint density at radius 3 is 1.20 bits per heavy atom. The van der Waals surface area contributed by atoms with E-state index in [1.165, 1.54) is 21.5 Å². The van der Waals surface area contributed by atoms with Crippen LogP contribution in [0.2, 0.25) is 0 Å². The largest absolute Gasteiger partial charge is 0.309 e. The topological polar surface area (TPSA) is 61.4 Å². The summed E-state index contributed by atoms with van der Waals surface area (Å²) in [5.74, 6) is 0.944. The van der Waals surface area contributed by atoms with Crippen LogP contribution in [0, 0.1) is 0 Å². The highest BCUT2D eigenvalue weighted by Gasteiger charge is 2.20. The van der Waals surface area contributed by atoms with Crippen LogP contribution < -0.4 is 0 Å². The SMILES string of the molecule is c1ccc(-n2c3ccccc3c3cccc(-c4ccnc(-c5nccc(-c6cccc7c8ccccc8n(-c8ccccc8)c67)n5)n4)c32)cc1. The minimum absolute atomic E-state index is 0.472. The predicted molar refractivity (Wildman–Crippen MR) is 203 cm³/mol. The molecule has 0 bridgehead atoms. The molecule has 10 rings (SSSR count). The van der Waals surface area contributed by atoms with Crippen molar-refractivity contribution in [3.63, 3.8) is 0 Å². The van der Waals surface area contributed by atoms with Crippen LogP contribution in [0.4, 0.5) is 0 Å². The average Bonchev–Trinajstić information content (AvgIpc) is 3.72. The Balaban J connectivity index is 1.15. The van der Waals surface area contributed by atoms with E-state index in [0.29, 0.717) is 11.6 Å². The fourth-order valence-corrected chi connectivity index (χ4v) is 7.37. The molecule has 10 aromatic rings. The lowest BCUT2D eigenvalue weighted by Crippen LogP contribution is -2.00. The summed E-state index contributed by atoms with van der Waals surface area (Å²) in [7, 11) is 0. The molecule has 234 valence electrons. The number of para-hydroxylation sites is 6. The van der Waals surface area contributed by atoms with Crippen LogP contribution in [0.25, 0.3) is 89.2 Å². The molecule has 0 radical (unpaired) electrons. The highest BCUT2D eigenvalue weighted by molar-refractivity contribution is 6.14. The summed E-state index contributed by atoms with van der Waals surface area (Å²) >= 11 is 0. The molecule has 0 amide bonds. The Hall–Kier alpha value is -6.92. The zero-order chi connectivity index (χ0) is 33.0. The van der Waals surface area contributed by atoms with Crippen molar-refractivity contribution >= 4 is 43.6 Å². The third-order valence-electron chi connectivity index (χ3n) is 9.48. The van der Waals surface area contributed by atoms with Gasteiger partial charge < -0.3 is 9.13 Å². The molecule has 4 heterocycles. The van der Waals surface area contributed by atoms with Gasteiger partial charge in [-0.05, 0) is 48.5 Å². The predicted octanol–water partition coefficient (Wildman–Crippen LogP) is 10.5. The Morgan fingerprint density at radius 1 is 0.340 bits per heavy atom. The van der Waals surface area contributed by atoms with Crippen LogP contribution in [-0.4, -0.2) is 29.1 Å². The fourth-order valence-electron chi connectivity index (χ4n) is 7.37. The fraction of sp³-hybridized carbons (Fsp3) is 0. The molecule has 6 aromatic carbocycles. The van der Waals surface area contributed by atoms with Crippen molar-refractivity contribution in [3.05, 3.63) is 170 Å².